The zero-order chi connectivity index (χ0) is 12.5. The van der Waals surface area contributed by atoms with Gasteiger partial charge in [-0.3, -0.25) is 9.59 Å². The van der Waals surface area contributed by atoms with E-state index < -0.39 is 0 Å². The van der Waals surface area contributed by atoms with Crippen LogP contribution in [0.2, 0.25) is 0 Å². The van der Waals surface area contributed by atoms with E-state index in [0.717, 1.165) is 32.1 Å². The van der Waals surface area contributed by atoms with Crippen molar-refractivity contribution in [2.45, 2.75) is 39.0 Å². The second-order valence-electron chi connectivity index (χ2n) is 3.94. The number of rotatable bonds is 1. The maximum atomic E-state index is 10.4. The van der Waals surface area contributed by atoms with Crippen LogP contribution in [0.25, 0.3) is 0 Å². The highest BCUT2D eigenvalue weighted by Gasteiger charge is 1.99. The molecule has 0 aromatic rings. The van der Waals surface area contributed by atoms with Crippen LogP contribution in [-0.2, 0) is 14.3 Å². The number of carbonyl (C=O) groups is 2. The maximum Gasteiger partial charge on any atom is 0.308 e. The fourth-order valence-corrected chi connectivity index (χ4v) is 1.52. The second-order valence-corrected chi connectivity index (χ2v) is 3.94. The summed E-state index contributed by atoms with van der Waals surface area (Å²) in [6.45, 7) is 1.41. The Morgan fingerprint density at radius 1 is 1.18 bits per heavy atom. The van der Waals surface area contributed by atoms with Crippen LogP contribution in [0, 0.1) is 0 Å². The number of hydrogen-bond donors (Lipinski definition) is 0. The Hall–Kier alpha value is -1.64. The molecule has 0 aromatic heterocycles. The average molecular weight is 234 g/mol. The molecular formula is C14H18O3. The molecule has 92 valence electrons. The number of ether oxygens (including phenoxy) is 1. The topological polar surface area (TPSA) is 43.4 Å². The molecule has 0 radical (unpaired) electrons. The third kappa shape index (κ3) is 6.51. The molecule has 0 N–H and O–H groups in total. The van der Waals surface area contributed by atoms with Crippen LogP contribution in [0.4, 0.5) is 0 Å². The van der Waals surface area contributed by atoms with Gasteiger partial charge in [-0.1, -0.05) is 12.2 Å². The van der Waals surface area contributed by atoms with Crippen LogP contribution in [-0.4, -0.2) is 11.8 Å². The van der Waals surface area contributed by atoms with E-state index in [9.17, 15) is 9.59 Å². The van der Waals surface area contributed by atoms with Gasteiger partial charge >= 0.3 is 5.97 Å². The Labute approximate surface area is 102 Å². The fourth-order valence-electron chi connectivity index (χ4n) is 1.52. The predicted octanol–water partition coefficient (Wildman–Crippen LogP) is 3.08. The normalized spacial score (nSPS) is 17.9. The zero-order valence-electron chi connectivity index (χ0n) is 10.1. The van der Waals surface area contributed by atoms with E-state index in [0.29, 0.717) is 5.76 Å². The van der Waals surface area contributed by atoms with Crippen molar-refractivity contribution in [3.63, 3.8) is 0 Å². The quantitative estimate of drug-likeness (QED) is 0.655. The Kier molecular flexibility index (Phi) is 6.00. The van der Waals surface area contributed by atoms with Gasteiger partial charge in [-0.15, -0.1) is 0 Å². The lowest BCUT2D eigenvalue weighted by molar-refractivity contribution is -0.136. The van der Waals surface area contributed by atoms with Gasteiger partial charge in [0.1, 0.15) is 5.76 Å². The molecule has 2 rings (SSSR count). The average Bonchev–Trinajstić information content (AvgIpc) is 2.31. The van der Waals surface area contributed by atoms with Crippen molar-refractivity contribution in [2.24, 2.45) is 0 Å². The molecule has 0 fully saturated rings. The maximum absolute atomic E-state index is 10.4. The van der Waals surface area contributed by atoms with Gasteiger partial charge in [-0.05, 0) is 43.9 Å². The lowest BCUT2D eigenvalue weighted by atomic mass is 10.1. The Morgan fingerprint density at radius 2 is 1.94 bits per heavy atom. The van der Waals surface area contributed by atoms with Crippen LogP contribution >= 0.6 is 0 Å². The van der Waals surface area contributed by atoms with Gasteiger partial charge in [0.25, 0.3) is 0 Å². The molecule has 0 aliphatic heterocycles. The second kappa shape index (κ2) is 7.60. The van der Waals surface area contributed by atoms with Crippen LogP contribution in [0.3, 0.4) is 0 Å². The van der Waals surface area contributed by atoms with Gasteiger partial charge in [-0.2, -0.15) is 0 Å². The summed E-state index contributed by atoms with van der Waals surface area (Å²) in [5.74, 6) is 0.711. The standard InChI is InChI=1S/C8H10O2.C6H8O/c1-7(9)10-8-5-3-2-4-6-8;7-6-4-2-1-3-5-6/h3,5-6H,2,4H2,1H3;2,4H,1,3,5H2. The van der Waals surface area contributed by atoms with Crippen LogP contribution < -0.4 is 0 Å². The number of carbonyl (C=O) groups excluding carboxylic acids is 2. The molecule has 0 aromatic carbocycles. The van der Waals surface area contributed by atoms with Gasteiger partial charge in [0, 0.05) is 13.3 Å². The van der Waals surface area contributed by atoms with Gasteiger partial charge in [0.05, 0.1) is 0 Å². The summed E-state index contributed by atoms with van der Waals surface area (Å²) >= 11 is 0. The molecular weight excluding hydrogens is 216 g/mol. The minimum Gasteiger partial charge on any atom is -0.427 e. The molecule has 2 aliphatic rings. The molecule has 0 bridgehead atoms. The molecule has 0 saturated heterocycles. The van der Waals surface area contributed by atoms with Crippen molar-refractivity contribution in [3.05, 3.63) is 36.1 Å². The largest absolute Gasteiger partial charge is 0.427 e. The molecule has 0 unspecified atom stereocenters. The van der Waals surface area contributed by atoms with Gasteiger partial charge < -0.3 is 4.74 Å². The van der Waals surface area contributed by atoms with E-state index in [4.69, 9.17) is 4.74 Å². The van der Waals surface area contributed by atoms with Gasteiger partial charge in [-0.25, -0.2) is 0 Å². The molecule has 3 heteroatoms. The third-order valence-corrected chi connectivity index (χ3v) is 2.32. The highest BCUT2D eigenvalue weighted by atomic mass is 16.5. The van der Waals surface area contributed by atoms with E-state index in [-0.39, 0.29) is 11.8 Å². The first-order valence-corrected chi connectivity index (χ1v) is 5.93. The van der Waals surface area contributed by atoms with E-state index in [1.165, 1.54) is 6.92 Å². The Bertz CT molecular complexity index is 362. The van der Waals surface area contributed by atoms with Crippen molar-refractivity contribution >= 4 is 11.8 Å². The minimum absolute atomic E-state index is 0.252. The highest BCUT2D eigenvalue weighted by Crippen LogP contribution is 2.10. The summed E-state index contributed by atoms with van der Waals surface area (Å²) in [6, 6.07) is 0. The lowest BCUT2D eigenvalue weighted by Gasteiger charge is -2.04. The number of allylic oxidation sites excluding steroid dienone is 5. The van der Waals surface area contributed by atoms with Crippen LogP contribution in [0.15, 0.2) is 36.1 Å². The van der Waals surface area contributed by atoms with Crippen molar-refractivity contribution in [2.75, 3.05) is 0 Å². The van der Waals surface area contributed by atoms with E-state index in [2.05, 4.69) is 0 Å². The smallest absolute Gasteiger partial charge is 0.308 e. The first-order valence-electron chi connectivity index (χ1n) is 5.93. The fraction of sp³-hybridized carbons (Fsp3) is 0.429. The van der Waals surface area contributed by atoms with Crippen molar-refractivity contribution < 1.29 is 14.3 Å². The van der Waals surface area contributed by atoms with Crippen molar-refractivity contribution in [3.8, 4) is 0 Å². The van der Waals surface area contributed by atoms with Crippen LogP contribution in [0.1, 0.15) is 39.0 Å². The van der Waals surface area contributed by atoms with Gasteiger partial charge in [0.15, 0.2) is 5.78 Å². The third-order valence-electron chi connectivity index (χ3n) is 2.32. The van der Waals surface area contributed by atoms with E-state index in [1.54, 1.807) is 6.08 Å². The Morgan fingerprint density at radius 3 is 2.35 bits per heavy atom. The molecule has 17 heavy (non-hydrogen) atoms. The Balaban J connectivity index is 0.000000181. The number of hydrogen-bond acceptors (Lipinski definition) is 3. The summed E-state index contributed by atoms with van der Waals surface area (Å²) in [7, 11) is 0. The molecule has 0 atom stereocenters. The van der Waals surface area contributed by atoms with Gasteiger partial charge in [0.2, 0.25) is 0 Å². The molecule has 0 heterocycles. The monoisotopic (exact) mass is 234 g/mol. The number of ketones is 1. The van der Waals surface area contributed by atoms with E-state index in [1.807, 2.05) is 24.3 Å². The number of esters is 1. The predicted molar refractivity (Wildman–Crippen MR) is 66.2 cm³/mol. The first-order chi connectivity index (χ1) is 8.18. The SMILES string of the molecule is CC(=O)OC1=CCCC=C1.O=C1C=CCCC1. The molecule has 0 amide bonds. The minimum atomic E-state index is -0.252. The van der Waals surface area contributed by atoms with Crippen molar-refractivity contribution in [1.82, 2.24) is 0 Å². The van der Waals surface area contributed by atoms with E-state index >= 15 is 0 Å². The summed E-state index contributed by atoms with van der Waals surface area (Å²) in [4.78, 5) is 20.8. The van der Waals surface area contributed by atoms with Crippen LogP contribution in [0.5, 0.6) is 0 Å². The lowest BCUT2D eigenvalue weighted by Crippen LogP contribution is -1.98. The molecule has 3 nitrogen and oxygen atoms in total. The summed E-state index contributed by atoms with van der Waals surface area (Å²) < 4.78 is 4.83. The van der Waals surface area contributed by atoms with Crippen molar-refractivity contribution in [1.29, 1.82) is 0 Å². The molecule has 0 saturated carbocycles. The molecule has 0 spiro atoms. The molecule has 2 aliphatic carbocycles. The summed E-state index contributed by atoms with van der Waals surface area (Å²) in [5, 5.41) is 0. The summed E-state index contributed by atoms with van der Waals surface area (Å²) in [5.41, 5.74) is 0. The summed E-state index contributed by atoms with van der Waals surface area (Å²) in [6.07, 6.45) is 14.3. The highest BCUT2D eigenvalue weighted by molar-refractivity contribution is 5.90. The first kappa shape index (κ1) is 13.4. The zero-order valence-corrected chi connectivity index (χ0v) is 10.1.